The first-order chi connectivity index (χ1) is 15.1. The molecule has 0 aromatic heterocycles. The van der Waals surface area contributed by atoms with E-state index >= 15 is 0 Å². The minimum Gasteiger partial charge on any atom is -0.494 e. The standard InChI is InChI=1S/C25H27N3O3/c1-2-15-31-23-10-6-9-22(16-23)26-18-24(29)28-21-13-11-20(12-14-21)25(30)27-17-19-7-4-3-5-8-19/h3-14,16,26H,2,15,17-18H2,1H3,(H,27,30)(H,28,29). The number of ether oxygens (including phenoxy) is 1. The molecule has 0 saturated heterocycles. The highest BCUT2D eigenvalue weighted by Crippen LogP contribution is 2.17. The van der Waals surface area contributed by atoms with Crippen LogP contribution in [0.4, 0.5) is 11.4 Å². The molecule has 0 fully saturated rings. The van der Waals surface area contributed by atoms with Gasteiger partial charge in [-0.15, -0.1) is 0 Å². The zero-order valence-corrected chi connectivity index (χ0v) is 17.6. The molecule has 3 aromatic rings. The number of carbonyl (C=O) groups is 2. The number of amides is 2. The number of nitrogens with one attached hydrogen (secondary N) is 3. The summed E-state index contributed by atoms with van der Waals surface area (Å²) >= 11 is 0. The van der Waals surface area contributed by atoms with E-state index in [9.17, 15) is 9.59 Å². The van der Waals surface area contributed by atoms with Crippen molar-refractivity contribution in [2.24, 2.45) is 0 Å². The van der Waals surface area contributed by atoms with Gasteiger partial charge in [-0.1, -0.05) is 43.3 Å². The Hall–Kier alpha value is -3.80. The Morgan fingerprint density at radius 1 is 0.871 bits per heavy atom. The second kappa shape index (κ2) is 11.4. The molecule has 3 N–H and O–H groups in total. The van der Waals surface area contributed by atoms with Crippen LogP contribution < -0.4 is 20.7 Å². The summed E-state index contributed by atoms with van der Waals surface area (Å²) in [4.78, 5) is 24.5. The fraction of sp³-hybridized carbons (Fsp3) is 0.200. The van der Waals surface area contributed by atoms with Crippen LogP contribution >= 0.6 is 0 Å². The Balaban J connectivity index is 1.45. The highest BCUT2D eigenvalue weighted by Gasteiger charge is 2.07. The van der Waals surface area contributed by atoms with Crippen LogP contribution in [0.2, 0.25) is 0 Å². The topological polar surface area (TPSA) is 79.5 Å². The first kappa shape index (κ1) is 21.9. The van der Waals surface area contributed by atoms with E-state index in [0.717, 1.165) is 23.4 Å². The van der Waals surface area contributed by atoms with Gasteiger partial charge >= 0.3 is 0 Å². The van der Waals surface area contributed by atoms with Gasteiger partial charge in [0.15, 0.2) is 0 Å². The minimum absolute atomic E-state index is 0.122. The Labute approximate surface area is 182 Å². The van der Waals surface area contributed by atoms with Crippen molar-refractivity contribution in [3.63, 3.8) is 0 Å². The van der Waals surface area contributed by atoms with Crippen molar-refractivity contribution in [1.82, 2.24) is 5.32 Å². The van der Waals surface area contributed by atoms with E-state index in [0.29, 0.717) is 24.4 Å². The van der Waals surface area contributed by atoms with Crippen molar-refractivity contribution in [3.8, 4) is 5.75 Å². The van der Waals surface area contributed by atoms with Gasteiger partial charge in [0.05, 0.1) is 13.2 Å². The molecule has 0 heterocycles. The molecule has 0 saturated carbocycles. The maximum absolute atomic E-state index is 12.3. The normalized spacial score (nSPS) is 10.2. The molecule has 2 amide bonds. The van der Waals surface area contributed by atoms with Gasteiger partial charge in [0.25, 0.3) is 5.91 Å². The van der Waals surface area contributed by atoms with E-state index in [4.69, 9.17) is 4.74 Å². The van der Waals surface area contributed by atoms with Crippen LogP contribution in [0, 0.1) is 0 Å². The highest BCUT2D eigenvalue weighted by atomic mass is 16.5. The molecule has 0 spiro atoms. The Kier molecular flexibility index (Phi) is 8.05. The molecule has 0 unspecified atom stereocenters. The van der Waals surface area contributed by atoms with E-state index in [1.54, 1.807) is 24.3 Å². The van der Waals surface area contributed by atoms with Crippen molar-refractivity contribution >= 4 is 23.2 Å². The van der Waals surface area contributed by atoms with Crippen LogP contribution in [0.5, 0.6) is 5.75 Å². The minimum atomic E-state index is -0.179. The molecule has 3 aromatic carbocycles. The van der Waals surface area contributed by atoms with E-state index < -0.39 is 0 Å². The molecule has 31 heavy (non-hydrogen) atoms. The lowest BCUT2D eigenvalue weighted by Gasteiger charge is -2.10. The molecule has 6 heteroatoms. The number of hydrogen-bond acceptors (Lipinski definition) is 4. The van der Waals surface area contributed by atoms with Crippen LogP contribution in [0.3, 0.4) is 0 Å². The molecule has 160 valence electrons. The van der Waals surface area contributed by atoms with Gasteiger partial charge in [-0.3, -0.25) is 9.59 Å². The summed E-state index contributed by atoms with van der Waals surface area (Å²) in [5.41, 5.74) is 3.02. The summed E-state index contributed by atoms with van der Waals surface area (Å²) < 4.78 is 5.60. The van der Waals surface area contributed by atoms with Crippen LogP contribution in [-0.2, 0) is 11.3 Å². The molecule has 0 bridgehead atoms. The van der Waals surface area contributed by atoms with Gasteiger partial charge in [0.2, 0.25) is 5.91 Å². The van der Waals surface area contributed by atoms with Crippen LogP contribution in [0.25, 0.3) is 0 Å². The molecule has 0 atom stereocenters. The third-order valence-electron chi connectivity index (χ3n) is 4.49. The molecule has 0 aliphatic heterocycles. The number of carbonyl (C=O) groups excluding carboxylic acids is 2. The maximum Gasteiger partial charge on any atom is 0.251 e. The number of rotatable bonds is 10. The van der Waals surface area contributed by atoms with Crippen molar-refractivity contribution in [3.05, 3.63) is 90.0 Å². The lowest BCUT2D eigenvalue weighted by molar-refractivity contribution is -0.114. The van der Waals surface area contributed by atoms with Gasteiger partial charge in [0, 0.05) is 29.5 Å². The first-order valence-electron chi connectivity index (χ1n) is 10.3. The Morgan fingerprint density at radius 3 is 2.39 bits per heavy atom. The lowest BCUT2D eigenvalue weighted by atomic mass is 10.1. The number of benzene rings is 3. The van der Waals surface area contributed by atoms with Gasteiger partial charge in [-0.05, 0) is 48.4 Å². The quantitative estimate of drug-likeness (QED) is 0.455. The fourth-order valence-corrected chi connectivity index (χ4v) is 2.89. The molecule has 0 radical (unpaired) electrons. The summed E-state index contributed by atoms with van der Waals surface area (Å²) in [6.45, 7) is 3.30. The highest BCUT2D eigenvalue weighted by molar-refractivity contribution is 5.96. The monoisotopic (exact) mass is 417 g/mol. The predicted molar refractivity (Wildman–Crippen MR) is 123 cm³/mol. The van der Waals surface area contributed by atoms with Crippen LogP contribution in [0.15, 0.2) is 78.9 Å². The van der Waals surface area contributed by atoms with Gasteiger partial charge in [-0.2, -0.15) is 0 Å². The van der Waals surface area contributed by atoms with Gasteiger partial charge < -0.3 is 20.7 Å². The maximum atomic E-state index is 12.3. The SMILES string of the molecule is CCCOc1cccc(NCC(=O)Nc2ccc(C(=O)NCc3ccccc3)cc2)c1. The van der Waals surface area contributed by atoms with E-state index in [-0.39, 0.29) is 18.4 Å². The van der Waals surface area contributed by atoms with Crippen molar-refractivity contribution < 1.29 is 14.3 Å². The Morgan fingerprint density at radius 2 is 1.65 bits per heavy atom. The fourth-order valence-electron chi connectivity index (χ4n) is 2.89. The average Bonchev–Trinajstić information content (AvgIpc) is 2.81. The third kappa shape index (κ3) is 7.19. The van der Waals surface area contributed by atoms with Crippen molar-refractivity contribution in [2.45, 2.75) is 19.9 Å². The molecular formula is C25H27N3O3. The second-order valence-electron chi connectivity index (χ2n) is 7.02. The van der Waals surface area contributed by atoms with E-state index in [2.05, 4.69) is 22.9 Å². The average molecular weight is 418 g/mol. The van der Waals surface area contributed by atoms with Crippen LogP contribution in [-0.4, -0.2) is 25.0 Å². The first-order valence-corrected chi connectivity index (χ1v) is 10.3. The lowest BCUT2D eigenvalue weighted by Crippen LogP contribution is -2.23. The van der Waals surface area contributed by atoms with Gasteiger partial charge in [-0.25, -0.2) is 0 Å². The zero-order chi connectivity index (χ0) is 21.9. The summed E-state index contributed by atoms with van der Waals surface area (Å²) in [5.74, 6) is 0.433. The zero-order valence-electron chi connectivity index (χ0n) is 17.6. The third-order valence-corrected chi connectivity index (χ3v) is 4.49. The molecule has 0 aliphatic rings. The van der Waals surface area contributed by atoms with E-state index in [1.165, 1.54) is 0 Å². The molecule has 0 aliphatic carbocycles. The smallest absolute Gasteiger partial charge is 0.251 e. The molecule has 6 nitrogen and oxygen atoms in total. The van der Waals surface area contributed by atoms with E-state index in [1.807, 2.05) is 54.6 Å². The second-order valence-corrected chi connectivity index (χ2v) is 7.02. The summed E-state index contributed by atoms with van der Waals surface area (Å²) in [5, 5.41) is 8.79. The largest absolute Gasteiger partial charge is 0.494 e. The number of anilines is 2. The summed E-state index contributed by atoms with van der Waals surface area (Å²) in [6.07, 6.45) is 0.938. The Bertz CT molecular complexity index is 988. The summed E-state index contributed by atoms with van der Waals surface area (Å²) in [6, 6.07) is 24.1. The van der Waals surface area contributed by atoms with Crippen molar-refractivity contribution in [2.75, 3.05) is 23.8 Å². The van der Waals surface area contributed by atoms with Crippen LogP contribution in [0.1, 0.15) is 29.3 Å². The van der Waals surface area contributed by atoms with Gasteiger partial charge in [0.1, 0.15) is 5.75 Å². The predicted octanol–water partition coefficient (Wildman–Crippen LogP) is 4.46. The number of hydrogen-bond donors (Lipinski definition) is 3. The van der Waals surface area contributed by atoms with Crippen molar-refractivity contribution in [1.29, 1.82) is 0 Å². The molecular weight excluding hydrogens is 390 g/mol. The molecule has 3 rings (SSSR count). The summed E-state index contributed by atoms with van der Waals surface area (Å²) in [7, 11) is 0.